The van der Waals surface area contributed by atoms with Gasteiger partial charge in [0.25, 0.3) is 5.91 Å². The molecule has 0 aliphatic carbocycles. The van der Waals surface area contributed by atoms with Gasteiger partial charge >= 0.3 is 12.1 Å². The quantitative estimate of drug-likeness (QED) is 0.656. The number of ether oxygens (including phenoxy) is 1. The third kappa shape index (κ3) is 4.28. The molecule has 0 spiro atoms. The first-order chi connectivity index (χ1) is 13.7. The van der Waals surface area contributed by atoms with Gasteiger partial charge < -0.3 is 10.1 Å². The van der Waals surface area contributed by atoms with Crippen molar-refractivity contribution in [3.63, 3.8) is 0 Å². The van der Waals surface area contributed by atoms with Gasteiger partial charge in [-0.1, -0.05) is 0 Å². The molecular weight excluding hydrogens is 391 g/mol. The number of rotatable bonds is 5. The minimum atomic E-state index is -4.60. The van der Waals surface area contributed by atoms with E-state index in [1.165, 1.54) is 24.8 Å². The van der Waals surface area contributed by atoms with E-state index < -0.39 is 23.7 Å². The highest BCUT2D eigenvalue weighted by Gasteiger charge is 2.36. The van der Waals surface area contributed by atoms with Gasteiger partial charge in [-0.3, -0.25) is 9.48 Å². The maximum Gasteiger partial charge on any atom is 0.433 e. The molecule has 0 radical (unpaired) electrons. The van der Waals surface area contributed by atoms with E-state index in [0.29, 0.717) is 17.4 Å². The lowest BCUT2D eigenvalue weighted by molar-refractivity contribution is -0.144. The van der Waals surface area contributed by atoms with Gasteiger partial charge in [0.05, 0.1) is 12.8 Å². The van der Waals surface area contributed by atoms with Crippen LogP contribution in [0.4, 0.5) is 18.9 Å². The van der Waals surface area contributed by atoms with Crippen molar-refractivity contribution in [3.05, 3.63) is 59.7 Å². The zero-order valence-corrected chi connectivity index (χ0v) is 15.4. The van der Waals surface area contributed by atoms with Crippen LogP contribution in [-0.2, 0) is 17.5 Å². The SMILES string of the molecule is CCn1nc(C(=O)Nc2ccc(-n3ccc(C(=O)OC)n3)cc2)cc1C(F)(F)F. The lowest BCUT2D eigenvalue weighted by Gasteiger charge is -2.06. The number of alkyl halides is 3. The molecule has 152 valence electrons. The van der Waals surface area contributed by atoms with Gasteiger partial charge in [-0.2, -0.15) is 23.4 Å². The summed E-state index contributed by atoms with van der Waals surface area (Å²) in [4.78, 5) is 23.7. The van der Waals surface area contributed by atoms with E-state index in [1.807, 2.05) is 0 Å². The fourth-order valence-electron chi connectivity index (χ4n) is 2.57. The van der Waals surface area contributed by atoms with E-state index >= 15 is 0 Å². The molecular formula is C18H16F3N5O3. The summed E-state index contributed by atoms with van der Waals surface area (Å²) in [6.45, 7) is 1.48. The number of hydrogen-bond donors (Lipinski definition) is 1. The van der Waals surface area contributed by atoms with Crippen molar-refractivity contribution in [2.75, 3.05) is 12.4 Å². The Balaban J connectivity index is 1.74. The first-order valence-corrected chi connectivity index (χ1v) is 8.43. The highest BCUT2D eigenvalue weighted by Crippen LogP contribution is 2.30. The van der Waals surface area contributed by atoms with Gasteiger partial charge in [0.2, 0.25) is 0 Å². The molecule has 2 heterocycles. The zero-order valence-electron chi connectivity index (χ0n) is 15.4. The fraction of sp³-hybridized carbons (Fsp3) is 0.222. The molecule has 0 saturated carbocycles. The van der Waals surface area contributed by atoms with E-state index in [-0.39, 0.29) is 17.9 Å². The normalized spacial score (nSPS) is 11.3. The van der Waals surface area contributed by atoms with Crippen molar-refractivity contribution in [2.45, 2.75) is 19.6 Å². The Hall–Kier alpha value is -3.63. The number of methoxy groups -OCH3 is 1. The lowest BCUT2D eigenvalue weighted by atomic mass is 10.2. The number of halogens is 3. The van der Waals surface area contributed by atoms with Crippen LogP contribution in [0.15, 0.2) is 42.6 Å². The Kier molecular flexibility index (Phi) is 5.39. The largest absolute Gasteiger partial charge is 0.464 e. The number of carbonyl (C=O) groups excluding carboxylic acids is 2. The molecule has 11 heteroatoms. The molecule has 8 nitrogen and oxygen atoms in total. The van der Waals surface area contributed by atoms with E-state index in [1.54, 1.807) is 30.5 Å². The molecule has 0 aliphatic rings. The number of amides is 1. The summed E-state index contributed by atoms with van der Waals surface area (Å²) in [5.41, 5.74) is -0.220. The predicted octanol–water partition coefficient (Wildman–Crippen LogP) is 3.15. The molecule has 1 N–H and O–H groups in total. The van der Waals surface area contributed by atoms with Crippen LogP contribution < -0.4 is 5.32 Å². The Morgan fingerprint density at radius 2 is 1.79 bits per heavy atom. The topological polar surface area (TPSA) is 91.0 Å². The number of aromatic nitrogens is 4. The molecule has 3 aromatic rings. The second kappa shape index (κ2) is 7.78. The average Bonchev–Trinajstić information content (AvgIpc) is 3.35. The standard InChI is InChI=1S/C18H16F3N5O3/c1-3-25-15(18(19,20)21)10-14(24-25)16(27)22-11-4-6-12(7-5-11)26-9-8-13(23-26)17(28)29-2/h4-10H,3H2,1-2H3,(H,22,27). The molecule has 3 rings (SSSR count). The number of aryl methyl sites for hydroxylation is 1. The molecule has 0 bridgehead atoms. The van der Waals surface area contributed by atoms with E-state index in [0.717, 1.165) is 4.68 Å². The third-order valence-electron chi connectivity index (χ3n) is 3.98. The molecule has 0 fully saturated rings. The van der Waals surface area contributed by atoms with Crippen molar-refractivity contribution < 1.29 is 27.5 Å². The zero-order chi connectivity index (χ0) is 21.2. The van der Waals surface area contributed by atoms with Crippen molar-refractivity contribution >= 4 is 17.6 Å². The van der Waals surface area contributed by atoms with Crippen LogP contribution in [0.3, 0.4) is 0 Å². The van der Waals surface area contributed by atoms with Gasteiger partial charge in [-0.15, -0.1) is 0 Å². The second-order valence-corrected chi connectivity index (χ2v) is 5.87. The average molecular weight is 407 g/mol. The van der Waals surface area contributed by atoms with Crippen LogP contribution in [0.5, 0.6) is 0 Å². The molecule has 0 saturated heterocycles. The smallest absolute Gasteiger partial charge is 0.433 e. The monoisotopic (exact) mass is 407 g/mol. The maximum absolute atomic E-state index is 13.0. The van der Waals surface area contributed by atoms with Crippen LogP contribution in [0.2, 0.25) is 0 Å². The number of anilines is 1. The Morgan fingerprint density at radius 1 is 1.10 bits per heavy atom. The van der Waals surface area contributed by atoms with Crippen LogP contribution in [-0.4, -0.2) is 38.5 Å². The first-order valence-electron chi connectivity index (χ1n) is 8.43. The minimum absolute atomic E-state index is 0.0196. The number of carbonyl (C=O) groups is 2. The van der Waals surface area contributed by atoms with Crippen LogP contribution in [0.1, 0.15) is 33.6 Å². The number of nitrogens with one attached hydrogen (secondary N) is 1. The molecule has 1 aromatic carbocycles. The minimum Gasteiger partial charge on any atom is -0.464 e. The van der Waals surface area contributed by atoms with Crippen molar-refractivity contribution in [2.24, 2.45) is 0 Å². The van der Waals surface area contributed by atoms with Crippen LogP contribution in [0, 0.1) is 0 Å². The summed E-state index contributed by atoms with van der Waals surface area (Å²) in [5, 5.41) is 10.3. The summed E-state index contributed by atoms with van der Waals surface area (Å²) in [5.74, 6) is -1.33. The van der Waals surface area contributed by atoms with Gasteiger partial charge in [0.1, 0.15) is 5.69 Å². The van der Waals surface area contributed by atoms with Gasteiger partial charge in [0, 0.05) is 24.5 Å². The summed E-state index contributed by atoms with van der Waals surface area (Å²) >= 11 is 0. The number of esters is 1. The maximum atomic E-state index is 13.0. The van der Waals surface area contributed by atoms with Crippen LogP contribution >= 0.6 is 0 Å². The molecule has 29 heavy (non-hydrogen) atoms. The molecule has 2 aromatic heterocycles. The van der Waals surface area contributed by atoms with E-state index in [9.17, 15) is 22.8 Å². The van der Waals surface area contributed by atoms with Crippen molar-refractivity contribution in [1.29, 1.82) is 0 Å². The lowest BCUT2D eigenvalue weighted by Crippen LogP contribution is -2.14. The summed E-state index contributed by atoms with van der Waals surface area (Å²) in [7, 11) is 1.25. The molecule has 0 aliphatic heterocycles. The van der Waals surface area contributed by atoms with E-state index in [2.05, 4.69) is 20.3 Å². The predicted molar refractivity (Wildman–Crippen MR) is 95.8 cm³/mol. The van der Waals surface area contributed by atoms with Crippen LogP contribution in [0.25, 0.3) is 5.69 Å². The molecule has 1 amide bonds. The van der Waals surface area contributed by atoms with Gasteiger partial charge in [-0.05, 0) is 37.3 Å². The van der Waals surface area contributed by atoms with Crippen molar-refractivity contribution in [3.8, 4) is 5.69 Å². The Labute approximate surface area is 162 Å². The van der Waals surface area contributed by atoms with Gasteiger partial charge in [-0.25, -0.2) is 9.48 Å². The van der Waals surface area contributed by atoms with Crippen molar-refractivity contribution in [1.82, 2.24) is 19.6 Å². The fourth-order valence-corrected chi connectivity index (χ4v) is 2.57. The molecule has 0 unspecified atom stereocenters. The van der Waals surface area contributed by atoms with Gasteiger partial charge in [0.15, 0.2) is 11.4 Å². The van der Waals surface area contributed by atoms with E-state index in [4.69, 9.17) is 0 Å². The second-order valence-electron chi connectivity index (χ2n) is 5.87. The number of hydrogen-bond acceptors (Lipinski definition) is 5. The Bertz CT molecular complexity index is 1040. The Morgan fingerprint density at radius 3 is 2.34 bits per heavy atom. The summed E-state index contributed by atoms with van der Waals surface area (Å²) < 4.78 is 45.7. The molecule has 0 atom stereocenters. The highest BCUT2D eigenvalue weighted by atomic mass is 19.4. The summed E-state index contributed by atoms with van der Waals surface area (Å²) in [6, 6.07) is 8.54. The number of benzene rings is 1. The summed E-state index contributed by atoms with van der Waals surface area (Å²) in [6.07, 6.45) is -3.04. The first kappa shape index (κ1) is 20.1. The number of nitrogens with zero attached hydrogens (tertiary/aromatic N) is 4. The third-order valence-corrected chi connectivity index (χ3v) is 3.98. The highest BCUT2D eigenvalue weighted by molar-refractivity contribution is 6.03.